The zero-order chi connectivity index (χ0) is 30.5. The Labute approximate surface area is 247 Å². The molecule has 1 N–H and O–H groups in total. The van der Waals surface area contributed by atoms with Gasteiger partial charge in [-0.25, -0.2) is 0 Å². The van der Waals surface area contributed by atoms with Crippen molar-refractivity contribution in [1.29, 1.82) is 0 Å². The van der Waals surface area contributed by atoms with Crippen LogP contribution in [0, 0.1) is 13.8 Å². The largest absolute Gasteiger partial charge is 0.505 e. The maximum Gasteiger partial charge on any atom is 0.505 e. The van der Waals surface area contributed by atoms with Crippen molar-refractivity contribution in [2.45, 2.75) is 26.4 Å². The van der Waals surface area contributed by atoms with Crippen molar-refractivity contribution in [1.82, 2.24) is 9.59 Å². The van der Waals surface area contributed by atoms with Gasteiger partial charge in [0.15, 0.2) is 16.0 Å². The lowest BCUT2D eigenvalue weighted by atomic mass is 10.2. The smallest absolute Gasteiger partial charge is 0.321 e. The van der Waals surface area contributed by atoms with Crippen LogP contribution in [0.15, 0.2) is 57.4 Å². The molecule has 1 aliphatic rings. The van der Waals surface area contributed by atoms with E-state index >= 15 is 0 Å². The molecule has 218 valence electrons. The second kappa shape index (κ2) is 13.2. The lowest BCUT2D eigenvalue weighted by molar-refractivity contribution is -0.121. The molecule has 18 heteroatoms. The third kappa shape index (κ3) is 9.14. The number of hydrogen-bond acceptors (Lipinski definition) is 8. The minimum Gasteiger partial charge on any atom is -0.321 e. The number of amidine groups is 2. The summed E-state index contributed by atoms with van der Waals surface area (Å²) in [4.78, 5) is 21.7. The van der Waals surface area contributed by atoms with E-state index < -0.39 is 23.5 Å². The molecule has 0 saturated carbocycles. The number of aryl methyl sites for hydroxylation is 2. The van der Waals surface area contributed by atoms with Crippen LogP contribution >= 0.6 is 46.5 Å². The number of aromatic nitrogens is 2. The maximum absolute atomic E-state index is 12.7. The summed E-state index contributed by atoms with van der Waals surface area (Å²) >= 11 is 13.1. The first-order valence-electron chi connectivity index (χ1n) is 11.0. The van der Waals surface area contributed by atoms with E-state index in [1.165, 1.54) is 31.3 Å². The Kier molecular flexibility index (Phi) is 10.4. The second-order valence-corrected chi connectivity index (χ2v) is 10.4. The molecule has 0 aliphatic carbocycles. The standard InChI is InChI=1S/C12H7ClF6N4S.C11H10ClN3OS/c1-20-10-23(7-4-2-6(13)3-5-7)8(21-11(14,15)16)9(24-10)22-12(17,18)19;1-6-3-4-8(5-9(6)12)13-11(16)10-7(2)14-15-17-10/h2-5H,1H3;3-5H,1-2H3,(H,13,16)/b20-10-,21-8?,22-9-;. The topological polar surface area (TPSA) is 95.2 Å². The molecule has 2 aromatic carbocycles. The quantitative estimate of drug-likeness (QED) is 0.230. The first-order chi connectivity index (χ1) is 19.1. The van der Waals surface area contributed by atoms with Crippen LogP contribution < -0.4 is 10.2 Å². The van der Waals surface area contributed by atoms with Crippen molar-refractivity contribution < 1.29 is 31.1 Å². The van der Waals surface area contributed by atoms with Crippen LogP contribution in [0.1, 0.15) is 20.9 Å². The molecule has 0 radical (unpaired) electrons. The number of nitrogens with zero attached hydrogens (tertiary/aromatic N) is 6. The molecule has 4 rings (SSSR count). The fourth-order valence-electron chi connectivity index (χ4n) is 3.04. The zero-order valence-electron chi connectivity index (χ0n) is 21.0. The minimum atomic E-state index is -5.09. The van der Waals surface area contributed by atoms with Gasteiger partial charge in [-0.05, 0) is 79.1 Å². The fraction of sp³-hybridized carbons (Fsp3) is 0.217. The third-order valence-corrected chi connectivity index (χ3v) is 7.31. The Bertz CT molecular complexity index is 1510. The van der Waals surface area contributed by atoms with E-state index in [0.717, 1.165) is 22.0 Å². The summed E-state index contributed by atoms with van der Waals surface area (Å²) in [5.41, 5.74) is 2.38. The normalized spacial score (nSPS) is 16.8. The lowest BCUT2D eigenvalue weighted by Crippen LogP contribution is -2.33. The van der Waals surface area contributed by atoms with Crippen LogP contribution in [0.5, 0.6) is 0 Å². The van der Waals surface area contributed by atoms with Gasteiger partial charge in [-0.1, -0.05) is 33.8 Å². The van der Waals surface area contributed by atoms with E-state index in [-0.39, 0.29) is 16.8 Å². The number of carbonyl (C=O) groups excluding carboxylic acids is 1. The summed E-state index contributed by atoms with van der Waals surface area (Å²) in [6.07, 6.45) is -10.1. The van der Waals surface area contributed by atoms with Crippen molar-refractivity contribution in [3.63, 3.8) is 0 Å². The third-order valence-electron chi connectivity index (χ3n) is 4.81. The molecule has 1 aliphatic heterocycles. The number of nitrogens with one attached hydrogen (secondary N) is 1. The number of hydrogen-bond donors (Lipinski definition) is 1. The van der Waals surface area contributed by atoms with Crippen molar-refractivity contribution in [2.75, 3.05) is 17.3 Å². The van der Waals surface area contributed by atoms with Crippen LogP contribution in [0.4, 0.5) is 37.7 Å². The molecule has 1 fully saturated rings. The number of alkyl halides is 6. The molecule has 41 heavy (non-hydrogen) atoms. The Morgan fingerprint density at radius 3 is 2.12 bits per heavy atom. The zero-order valence-corrected chi connectivity index (χ0v) is 24.1. The van der Waals surface area contributed by atoms with Crippen molar-refractivity contribution in [3.05, 3.63) is 68.6 Å². The summed E-state index contributed by atoms with van der Waals surface area (Å²) < 4.78 is 79.3. The van der Waals surface area contributed by atoms with Gasteiger partial charge in [0.1, 0.15) is 4.88 Å². The van der Waals surface area contributed by atoms with E-state index in [1.54, 1.807) is 13.0 Å². The van der Waals surface area contributed by atoms with Gasteiger partial charge in [0.2, 0.25) is 0 Å². The number of rotatable bonds is 3. The Morgan fingerprint density at radius 1 is 0.976 bits per heavy atom. The SMILES string of the molecule is C/N=C1\S/C(=N\C(F)(F)F)C(=NC(F)(F)F)N1c1ccc(Cl)cc1.Cc1ccc(NC(=O)c2snnc2C)cc1Cl. The summed E-state index contributed by atoms with van der Waals surface area (Å²) in [5.74, 6) is -1.22. The van der Waals surface area contributed by atoms with E-state index in [2.05, 4.69) is 29.9 Å². The predicted octanol–water partition coefficient (Wildman–Crippen LogP) is 7.78. The molecule has 0 atom stereocenters. The van der Waals surface area contributed by atoms with Gasteiger partial charge in [-0.2, -0.15) is 9.98 Å². The first-order valence-corrected chi connectivity index (χ1v) is 13.3. The number of anilines is 2. The highest BCUT2D eigenvalue weighted by Gasteiger charge is 2.41. The minimum absolute atomic E-state index is 0.114. The molecule has 8 nitrogen and oxygen atoms in total. The fourth-order valence-corrected chi connectivity index (χ4v) is 4.82. The van der Waals surface area contributed by atoms with Gasteiger partial charge in [-0.3, -0.25) is 14.7 Å². The Hall–Kier alpha value is -3.21. The summed E-state index contributed by atoms with van der Waals surface area (Å²) in [6, 6.07) is 10.8. The summed E-state index contributed by atoms with van der Waals surface area (Å²) in [7, 11) is 1.23. The highest BCUT2D eigenvalue weighted by atomic mass is 35.5. The van der Waals surface area contributed by atoms with Gasteiger partial charge in [0.25, 0.3) is 5.91 Å². The highest BCUT2D eigenvalue weighted by molar-refractivity contribution is 8.29. The second-order valence-electron chi connectivity index (χ2n) is 7.81. The molecule has 0 unspecified atom stereocenters. The number of amides is 1. The van der Waals surface area contributed by atoms with Crippen molar-refractivity contribution in [3.8, 4) is 0 Å². The summed E-state index contributed by atoms with van der Waals surface area (Å²) in [6.45, 7) is 3.66. The first kappa shape index (κ1) is 32.3. The van der Waals surface area contributed by atoms with Gasteiger partial charge in [0.05, 0.1) is 5.69 Å². The molecule has 1 amide bonds. The van der Waals surface area contributed by atoms with E-state index in [4.69, 9.17) is 23.2 Å². The number of halogens is 8. The molecule has 0 spiro atoms. The van der Waals surface area contributed by atoms with Gasteiger partial charge in [0, 0.05) is 28.5 Å². The molecule has 0 bridgehead atoms. The van der Waals surface area contributed by atoms with Crippen LogP contribution in [-0.4, -0.2) is 51.2 Å². The monoisotopic (exact) mass is 655 g/mol. The van der Waals surface area contributed by atoms with Gasteiger partial charge < -0.3 is 5.32 Å². The van der Waals surface area contributed by atoms with E-state index in [1.807, 2.05) is 19.1 Å². The van der Waals surface area contributed by atoms with E-state index in [9.17, 15) is 31.1 Å². The number of carbonyl (C=O) groups is 1. The maximum atomic E-state index is 12.7. The average molecular weight is 656 g/mol. The van der Waals surface area contributed by atoms with Gasteiger partial charge >= 0.3 is 12.6 Å². The van der Waals surface area contributed by atoms with Crippen molar-refractivity contribution in [2.24, 2.45) is 15.0 Å². The molecule has 1 aromatic heterocycles. The Morgan fingerprint density at radius 2 is 1.61 bits per heavy atom. The Balaban J connectivity index is 0.000000239. The van der Waals surface area contributed by atoms with Gasteiger partial charge in [-0.15, -0.1) is 31.4 Å². The van der Waals surface area contributed by atoms with Crippen LogP contribution in [-0.2, 0) is 0 Å². The predicted molar refractivity (Wildman–Crippen MR) is 151 cm³/mol. The molecular formula is C23H17Cl2F6N7OS2. The molecule has 3 aromatic rings. The van der Waals surface area contributed by atoms with Crippen molar-refractivity contribution >= 4 is 79.8 Å². The number of thioether (sulfide) groups is 1. The number of aliphatic imine (C=N–C) groups is 3. The number of benzene rings is 2. The lowest BCUT2D eigenvalue weighted by Gasteiger charge is -2.18. The summed E-state index contributed by atoms with van der Waals surface area (Å²) in [5, 5.41) is 6.40. The van der Waals surface area contributed by atoms with Crippen LogP contribution in [0.25, 0.3) is 0 Å². The molecule has 1 saturated heterocycles. The van der Waals surface area contributed by atoms with Crippen LogP contribution in [0.2, 0.25) is 10.0 Å². The molecule has 2 heterocycles. The van der Waals surface area contributed by atoms with Crippen LogP contribution in [0.3, 0.4) is 0 Å². The van der Waals surface area contributed by atoms with E-state index in [0.29, 0.717) is 38.1 Å². The average Bonchev–Trinajstić information content (AvgIpc) is 3.43. The molecular weight excluding hydrogens is 639 g/mol. The highest BCUT2D eigenvalue weighted by Crippen LogP contribution is 2.34.